The van der Waals surface area contributed by atoms with E-state index in [0.717, 1.165) is 17.5 Å². The number of ether oxygens (including phenoxy) is 2. The van der Waals surface area contributed by atoms with Crippen LogP contribution in [0.5, 0.6) is 11.5 Å². The minimum Gasteiger partial charge on any atom is -0.496 e. The van der Waals surface area contributed by atoms with Crippen molar-refractivity contribution < 1.29 is 29.1 Å². The molecule has 0 unspecified atom stereocenters. The van der Waals surface area contributed by atoms with Crippen molar-refractivity contribution in [1.29, 1.82) is 0 Å². The Labute approximate surface area is 166 Å². The van der Waals surface area contributed by atoms with Gasteiger partial charge in [0.1, 0.15) is 11.5 Å². The molecule has 0 spiro atoms. The molecule has 1 aromatic heterocycles. The predicted octanol–water partition coefficient (Wildman–Crippen LogP) is 1.82. The standard InChI is InChI=1S/C11H9NO2S.C8H9BO4/c1-14-11-3-2-8(4-9(11)5-13)10-6-15-7-12-10;1-13-8-3-2-7(9(11)12)4-6(8)5-10/h2-7H,1H3;2-5,11-12H,1H3. The lowest BCUT2D eigenvalue weighted by molar-refractivity contribution is 0.111. The minimum absolute atomic E-state index is 0.267. The molecule has 3 aromatic rings. The summed E-state index contributed by atoms with van der Waals surface area (Å²) in [6.45, 7) is 0. The van der Waals surface area contributed by atoms with E-state index in [1.807, 2.05) is 11.4 Å². The number of rotatable bonds is 6. The minimum atomic E-state index is -1.57. The normalized spacial score (nSPS) is 9.71. The molecule has 9 heteroatoms. The Morgan fingerprint density at radius 3 is 2.07 bits per heavy atom. The van der Waals surface area contributed by atoms with Gasteiger partial charge in [-0.1, -0.05) is 6.07 Å². The van der Waals surface area contributed by atoms with Crippen LogP contribution in [0, 0.1) is 0 Å². The summed E-state index contributed by atoms with van der Waals surface area (Å²) in [6.07, 6.45) is 1.39. The summed E-state index contributed by atoms with van der Waals surface area (Å²) >= 11 is 1.53. The molecule has 2 aromatic carbocycles. The highest BCUT2D eigenvalue weighted by atomic mass is 32.1. The molecule has 0 saturated carbocycles. The lowest BCUT2D eigenvalue weighted by atomic mass is 9.79. The Hall–Kier alpha value is -3.01. The van der Waals surface area contributed by atoms with Crippen LogP contribution in [-0.2, 0) is 0 Å². The van der Waals surface area contributed by atoms with Crippen molar-refractivity contribution in [1.82, 2.24) is 4.98 Å². The molecule has 7 nitrogen and oxygen atoms in total. The van der Waals surface area contributed by atoms with Crippen molar-refractivity contribution in [3.63, 3.8) is 0 Å². The van der Waals surface area contributed by atoms with Crippen LogP contribution in [0.15, 0.2) is 47.3 Å². The van der Waals surface area contributed by atoms with Crippen LogP contribution in [0.25, 0.3) is 11.3 Å². The fourth-order valence-electron chi connectivity index (χ4n) is 2.35. The highest BCUT2D eigenvalue weighted by Crippen LogP contribution is 2.25. The smallest absolute Gasteiger partial charge is 0.488 e. The molecule has 0 amide bonds. The molecule has 0 aliphatic carbocycles. The zero-order valence-electron chi connectivity index (χ0n) is 15.2. The largest absolute Gasteiger partial charge is 0.496 e. The van der Waals surface area contributed by atoms with Gasteiger partial charge in [-0.25, -0.2) is 4.98 Å². The van der Waals surface area contributed by atoms with Gasteiger partial charge in [0, 0.05) is 10.9 Å². The van der Waals surface area contributed by atoms with Gasteiger partial charge in [-0.2, -0.15) is 0 Å². The molecular formula is C19H18BNO6S. The Balaban J connectivity index is 0.000000203. The van der Waals surface area contributed by atoms with Crippen molar-refractivity contribution in [3.05, 3.63) is 58.4 Å². The van der Waals surface area contributed by atoms with Crippen LogP contribution in [0.3, 0.4) is 0 Å². The SMILES string of the molecule is COc1ccc(-c2cscn2)cc1C=O.COc1ccc(B(O)O)cc1C=O. The molecule has 3 rings (SSSR count). The van der Waals surface area contributed by atoms with E-state index in [2.05, 4.69) is 4.98 Å². The number of aldehydes is 2. The number of hydrogen-bond acceptors (Lipinski definition) is 8. The molecule has 0 aliphatic heterocycles. The number of thiazole rings is 1. The number of nitrogens with zero attached hydrogens (tertiary/aromatic N) is 1. The first kappa shape index (κ1) is 21.3. The van der Waals surface area contributed by atoms with Crippen LogP contribution in [0.4, 0.5) is 0 Å². The zero-order valence-corrected chi connectivity index (χ0v) is 16.1. The summed E-state index contributed by atoms with van der Waals surface area (Å²) in [7, 11) is 1.42. The molecule has 144 valence electrons. The highest BCUT2D eigenvalue weighted by Gasteiger charge is 2.13. The topological polar surface area (TPSA) is 106 Å². The second kappa shape index (κ2) is 10.4. The zero-order chi connectivity index (χ0) is 20.5. The average Bonchev–Trinajstić information content (AvgIpc) is 3.28. The van der Waals surface area contributed by atoms with Crippen LogP contribution >= 0.6 is 11.3 Å². The second-order valence-corrected chi connectivity index (χ2v) is 6.16. The summed E-state index contributed by atoms with van der Waals surface area (Å²) in [5.74, 6) is 1.00. The van der Waals surface area contributed by atoms with Gasteiger partial charge in [-0.3, -0.25) is 9.59 Å². The summed E-state index contributed by atoms with van der Waals surface area (Å²) < 4.78 is 9.94. The van der Waals surface area contributed by atoms with Gasteiger partial charge < -0.3 is 19.5 Å². The van der Waals surface area contributed by atoms with Crippen molar-refractivity contribution in [2.75, 3.05) is 14.2 Å². The Kier molecular flexibility index (Phi) is 7.88. The van der Waals surface area contributed by atoms with Crippen molar-refractivity contribution in [3.8, 4) is 22.8 Å². The predicted molar refractivity (Wildman–Crippen MR) is 108 cm³/mol. The number of carbonyl (C=O) groups is 2. The maximum Gasteiger partial charge on any atom is 0.488 e. The van der Waals surface area contributed by atoms with E-state index in [1.165, 1.54) is 36.6 Å². The van der Waals surface area contributed by atoms with Gasteiger partial charge in [-0.05, 0) is 35.8 Å². The monoisotopic (exact) mass is 399 g/mol. The number of carbonyl (C=O) groups excluding carboxylic acids is 2. The van der Waals surface area contributed by atoms with E-state index in [-0.39, 0.29) is 5.46 Å². The molecule has 0 saturated heterocycles. The molecule has 0 fully saturated rings. The summed E-state index contributed by atoms with van der Waals surface area (Å²) in [6, 6.07) is 9.81. The van der Waals surface area contributed by atoms with Gasteiger partial charge in [0.2, 0.25) is 0 Å². The Bertz CT molecular complexity index is 930. The molecule has 0 radical (unpaired) electrons. The van der Waals surface area contributed by atoms with Crippen LogP contribution in [-0.4, -0.2) is 48.9 Å². The fraction of sp³-hybridized carbons (Fsp3) is 0.105. The van der Waals surface area contributed by atoms with Crippen molar-refractivity contribution in [2.45, 2.75) is 0 Å². The Morgan fingerprint density at radius 1 is 0.964 bits per heavy atom. The maximum absolute atomic E-state index is 10.8. The number of benzene rings is 2. The summed E-state index contributed by atoms with van der Waals surface area (Å²) in [5, 5.41) is 19.6. The first-order valence-electron chi connectivity index (χ1n) is 8.05. The van der Waals surface area contributed by atoms with Gasteiger partial charge in [0.25, 0.3) is 0 Å². The van der Waals surface area contributed by atoms with E-state index in [0.29, 0.717) is 28.9 Å². The van der Waals surface area contributed by atoms with Gasteiger partial charge in [0.05, 0.1) is 36.6 Å². The third kappa shape index (κ3) is 5.26. The third-order valence-corrected chi connectivity index (χ3v) is 4.35. The fourth-order valence-corrected chi connectivity index (χ4v) is 2.91. The number of aromatic nitrogens is 1. The quantitative estimate of drug-likeness (QED) is 0.481. The van der Waals surface area contributed by atoms with E-state index in [4.69, 9.17) is 19.5 Å². The van der Waals surface area contributed by atoms with Crippen LogP contribution in [0.2, 0.25) is 0 Å². The molecular weight excluding hydrogens is 381 g/mol. The highest BCUT2D eigenvalue weighted by molar-refractivity contribution is 7.07. The van der Waals surface area contributed by atoms with E-state index in [9.17, 15) is 9.59 Å². The molecule has 0 atom stereocenters. The number of methoxy groups -OCH3 is 2. The molecule has 0 aliphatic rings. The van der Waals surface area contributed by atoms with Gasteiger partial charge in [0.15, 0.2) is 12.6 Å². The third-order valence-electron chi connectivity index (χ3n) is 3.76. The summed E-state index contributed by atoms with van der Waals surface area (Å²) in [5.41, 5.74) is 4.68. The van der Waals surface area contributed by atoms with E-state index < -0.39 is 7.12 Å². The van der Waals surface area contributed by atoms with Crippen LogP contribution in [0.1, 0.15) is 20.7 Å². The number of hydrogen-bond donors (Lipinski definition) is 2. The van der Waals surface area contributed by atoms with E-state index in [1.54, 1.807) is 24.8 Å². The van der Waals surface area contributed by atoms with Gasteiger partial charge >= 0.3 is 7.12 Å². The van der Waals surface area contributed by atoms with E-state index >= 15 is 0 Å². The maximum atomic E-state index is 10.8. The Morgan fingerprint density at radius 2 is 1.57 bits per heavy atom. The molecule has 1 heterocycles. The molecule has 28 heavy (non-hydrogen) atoms. The molecule has 0 bridgehead atoms. The summed E-state index contributed by atoms with van der Waals surface area (Å²) in [4.78, 5) is 25.5. The lowest BCUT2D eigenvalue weighted by Gasteiger charge is -2.05. The first-order chi connectivity index (χ1) is 13.5. The van der Waals surface area contributed by atoms with Gasteiger partial charge in [-0.15, -0.1) is 11.3 Å². The van der Waals surface area contributed by atoms with Crippen molar-refractivity contribution in [2.24, 2.45) is 0 Å². The first-order valence-corrected chi connectivity index (χ1v) is 8.99. The average molecular weight is 399 g/mol. The van der Waals surface area contributed by atoms with Crippen molar-refractivity contribution >= 4 is 36.5 Å². The lowest BCUT2D eigenvalue weighted by Crippen LogP contribution is -2.30. The van der Waals surface area contributed by atoms with Crippen LogP contribution < -0.4 is 14.9 Å². The second-order valence-electron chi connectivity index (χ2n) is 5.44. The molecule has 2 N–H and O–H groups in total.